The molecule has 8 nitrogen and oxygen atoms in total. The van der Waals surface area contributed by atoms with Gasteiger partial charge in [0, 0.05) is 36.4 Å². The minimum Gasteiger partial charge on any atom is -0.479 e. The molecule has 28 heavy (non-hydrogen) atoms. The zero-order valence-corrected chi connectivity index (χ0v) is 16.0. The van der Waals surface area contributed by atoms with Gasteiger partial charge in [-0.1, -0.05) is 19.9 Å². The number of nitrogens with zero attached hydrogens (tertiary/aromatic N) is 2. The largest absolute Gasteiger partial charge is 0.479 e. The van der Waals surface area contributed by atoms with E-state index in [9.17, 15) is 14.7 Å². The van der Waals surface area contributed by atoms with Crippen molar-refractivity contribution in [2.24, 2.45) is 5.41 Å². The Morgan fingerprint density at radius 2 is 2.11 bits per heavy atom. The van der Waals surface area contributed by atoms with E-state index in [1.54, 1.807) is 32.0 Å². The Balaban J connectivity index is 1.78. The molecule has 3 rings (SSSR count). The predicted molar refractivity (Wildman–Crippen MR) is 100 cm³/mol. The van der Waals surface area contributed by atoms with Crippen molar-refractivity contribution < 1.29 is 24.2 Å². The average molecular weight is 385 g/mol. The third kappa shape index (κ3) is 3.43. The Bertz CT molecular complexity index is 871. The Kier molecular flexibility index (Phi) is 5.33. The van der Waals surface area contributed by atoms with Gasteiger partial charge in [-0.2, -0.15) is 0 Å². The second-order valence-corrected chi connectivity index (χ2v) is 7.21. The van der Waals surface area contributed by atoms with E-state index in [4.69, 9.17) is 9.47 Å². The fourth-order valence-corrected chi connectivity index (χ4v) is 3.46. The molecule has 2 aromatic rings. The molecule has 2 N–H and O–H groups in total. The molecule has 1 saturated carbocycles. The molecule has 1 aliphatic carbocycles. The lowest BCUT2D eigenvalue weighted by molar-refractivity contribution is -0.190. The van der Waals surface area contributed by atoms with Crippen molar-refractivity contribution >= 4 is 11.9 Å². The number of nitrogens with one attached hydrogen (secondary N) is 1. The fraction of sp³-hybridized carbons (Fsp3) is 0.400. The summed E-state index contributed by atoms with van der Waals surface area (Å²) in [4.78, 5) is 32.8. The summed E-state index contributed by atoms with van der Waals surface area (Å²) in [5, 5.41) is 12.6. The van der Waals surface area contributed by atoms with E-state index in [1.165, 1.54) is 24.7 Å². The van der Waals surface area contributed by atoms with Gasteiger partial charge >= 0.3 is 5.97 Å². The Morgan fingerprint density at radius 1 is 1.32 bits per heavy atom. The van der Waals surface area contributed by atoms with Crippen molar-refractivity contribution in [2.45, 2.75) is 38.8 Å². The number of carboxylic acids is 1. The van der Waals surface area contributed by atoms with E-state index in [0.717, 1.165) is 0 Å². The number of carbonyl (C=O) groups excluding carboxylic acids is 1. The standard InChI is InChI=1S/C20H23N3O5/c1-4-27-15-11-20(18(25)26,19(15,2)3)23-17(24)13-6-5-7-14(10-13)28-16-12-21-8-9-22-16/h5-10,12,15H,4,11H2,1-3H3,(H,23,24)(H,25,26). The molecule has 1 amide bonds. The van der Waals surface area contributed by atoms with Gasteiger partial charge in [-0.3, -0.25) is 9.78 Å². The topological polar surface area (TPSA) is 111 Å². The third-order valence-electron chi connectivity index (χ3n) is 5.31. The van der Waals surface area contributed by atoms with Crippen LogP contribution in [-0.2, 0) is 9.53 Å². The summed E-state index contributed by atoms with van der Waals surface area (Å²) in [6.45, 7) is 5.93. The molecule has 0 radical (unpaired) electrons. The Hall–Kier alpha value is -3.00. The van der Waals surface area contributed by atoms with Crippen molar-refractivity contribution in [1.29, 1.82) is 0 Å². The summed E-state index contributed by atoms with van der Waals surface area (Å²) >= 11 is 0. The quantitative estimate of drug-likeness (QED) is 0.754. The maximum Gasteiger partial charge on any atom is 0.330 e. The van der Waals surface area contributed by atoms with E-state index in [0.29, 0.717) is 18.2 Å². The molecule has 0 bridgehead atoms. The maximum absolute atomic E-state index is 12.8. The second kappa shape index (κ2) is 7.55. The maximum atomic E-state index is 12.8. The number of benzene rings is 1. The summed E-state index contributed by atoms with van der Waals surface area (Å²) in [7, 11) is 0. The lowest BCUT2D eigenvalue weighted by Gasteiger charge is -2.58. The first-order chi connectivity index (χ1) is 13.3. The number of ether oxygens (including phenoxy) is 2. The van der Waals surface area contributed by atoms with Crippen LogP contribution in [0.25, 0.3) is 0 Å². The van der Waals surface area contributed by atoms with E-state index in [1.807, 2.05) is 6.92 Å². The van der Waals surface area contributed by atoms with Gasteiger partial charge in [0.2, 0.25) is 5.88 Å². The lowest BCUT2D eigenvalue weighted by Crippen LogP contribution is -2.76. The highest BCUT2D eigenvalue weighted by Gasteiger charge is 2.66. The molecule has 1 heterocycles. The Morgan fingerprint density at radius 3 is 2.71 bits per heavy atom. The number of rotatable bonds is 7. The number of hydrogen-bond acceptors (Lipinski definition) is 6. The van der Waals surface area contributed by atoms with Gasteiger partial charge in [-0.25, -0.2) is 9.78 Å². The van der Waals surface area contributed by atoms with Crippen LogP contribution in [-0.4, -0.2) is 45.2 Å². The first-order valence-electron chi connectivity index (χ1n) is 9.01. The first-order valence-corrected chi connectivity index (χ1v) is 9.01. The average Bonchev–Trinajstić information content (AvgIpc) is 2.67. The Labute approximate surface area is 162 Å². The molecule has 1 aromatic heterocycles. The van der Waals surface area contributed by atoms with Gasteiger partial charge in [0.25, 0.3) is 5.91 Å². The molecule has 1 fully saturated rings. The van der Waals surface area contributed by atoms with Crippen LogP contribution in [0.15, 0.2) is 42.9 Å². The van der Waals surface area contributed by atoms with Crippen molar-refractivity contribution in [2.75, 3.05) is 6.61 Å². The van der Waals surface area contributed by atoms with Gasteiger partial charge in [-0.15, -0.1) is 0 Å². The number of hydrogen-bond donors (Lipinski definition) is 2. The van der Waals surface area contributed by atoms with Gasteiger partial charge in [0.05, 0.1) is 12.3 Å². The molecule has 0 saturated heterocycles. The molecule has 148 valence electrons. The zero-order valence-electron chi connectivity index (χ0n) is 16.0. The number of aliphatic carboxylic acids is 1. The van der Waals surface area contributed by atoms with Crippen molar-refractivity contribution in [1.82, 2.24) is 15.3 Å². The summed E-state index contributed by atoms with van der Waals surface area (Å²) in [5.74, 6) is -0.872. The molecular formula is C20H23N3O5. The fourth-order valence-electron chi connectivity index (χ4n) is 3.46. The van der Waals surface area contributed by atoms with Crippen molar-refractivity contribution in [3.8, 4) is 11.6 Å². The van der Waals surface area contributed by atoms with Gasteiger partial charge in [0.1, 0.15) is 11.3 Å². The highest BCUT2D eigenvalue weighted by atomic mass is 16.5. The van der Waals surface area contributed by atoms with E-state index < -0.39 is 22.8 Å². The lowest BCUT2D eigenvalue weighted by atomic mass is 9.54. The van der Waals surface area contributed by atoms with Gasteiger partial charge < -0.3 is 19.9 Å². The second-order valence-electron chi connectivity index (χ2n) is 7.21. The predicted octanol–water partition coefficient (Wildman–Crippen LogP) is 2.66. The molecule has 8 heteroatoms. The summed E-state index contributed by atoms with van der Waals surface area (Å²) in [6, 6.07) is 6.46. The molecule has 1 aliphatic rings. The van der Waals surface area contributed by atoms with Crippen LogP contribution in [0.4, 0.5) is 0 Å². The van der Waals surface area contributed by atoms with Crippen LogP contribution in [0, 0.1) is 5.41 Å². The molecule has 0 aliphatic heterocycles. The summed E-state index contributed by atoms with van der Waals surface area (Å²) in [5.41, 5.74) is -1.86. The summed E-state index contributed by atoms with van der Waals surface area (Å²) in [6.07, 6.45) is 4.45. The van der Waals surface area contributed by atoms with E-state index in [2.05, 4.69) is 15.3 Å². The molecule has 2 unspecified atom stereocenters. The minimum atomic E-state index is -1.40. The normalized spacial score (nSPS) is 22.8. The van der Waals surface area contributed by atoms with E-state index in [-0.39, 0.29) is 18.1 Å². The highest BCUT2D eigenvalue weighted by Crippen LogP contribution is 2.51. The number of aromatic nitrogens is 2. The zero-order chi connectivity index (χ0) is 20.4. The highest BCUT2D eigenvalue weighted by molar-refractivity contribution is 5.99. The SMILES string of the molecule is CCOC1CC(NC(=O)c2cccc(Oc3cnccn3)c2)(C(=O)O)C1(C)C. The molecule has 1 aromatic carbocycles. The van der Waals surface area contributed by atoms with Crippen LogP contribution in [0.5, 0.6) is 11.6 Å². The van der Waals surface area contributed by atoms with Crippen LogP contribution in [0.1, 0.15) is 37.6 Å². The number of amides is 1. The first kappa shape index (κ1) is 19.8. The molecular weight excluding hydrogens is 362 g/mol. The number of carbonyl (C=O) groups is 2. The third-order valence-corrected chi connectivity index (χ3v) is 5.31. The summed E-state index contributed by atoms with van der Waals surface area (Å²) < 4.78 is 11.2. The van der Waals surface area contributed by atoms with Crippen molar-refractivity contribution in [3.05, 3.63) is 48.4 Å². The van der Waals surface area contributed by atoms with Crippen LogP contribution in [0.2, 0.25) is 0 Å². The molecule has 0 spiro atoms. The smallest absolute Gasteiger partial charge is 0.330 e. The van der Waals surface area contributed by atoms with Crippen molar-refractivity contribution in [3.63, 3.8) is 0 Å². The van der Waals surface area contributed by atoms with Crippen LogP contribution < -0.4 is 10.1 Å². The van der Waals surface area contributed by atoms with E-state index >= 15 is 0 Å². The van der Waals surface area contributed by atoms with Gasteiger partial charge in [0.15, 0.2) is 0 Å². The minimum absolute atomic E-state index is 0.213. The number of carboxylic acid groups (broad SMARTS) is 1. The van der Waals surface area contributed by atoms with Gasteiger partial charge in [-0.05, 0) is 25.1 Å². The molecule has 2 atom stereocenters. The van der Waals surface area contributed by atoms with Crippen LogP contribution in [0.3, 0.4) is 0 Å². The monoisotopic (exact) mass is 385 g/mol. The van der Waals surface area contributed by atoms with Crippen LogP contribution >= 0.6 is 0 Å².